The minimum atomic E-state index is 0.00406. The molecule has 0 radical (unpaired) electrons. The van der Waals surface area contributed by atoms with Gasteiger partial charge in [0.25, 0.3) is 5.56 Å². The maximum absolute atomic E-state index is 11.8. The Morgan fingerprint density at radius 2 is 2.06 bits per heavy atom. The van der Waals surface area contributed by atoms with Gasteiger partial charge in [0, 0.05) is 29.6 Å². The number of nitrogens with zero attached hydrogens (tertiary/aromatic N) is 2. The van der Waals surface area contributed by atoms with Gasteiger partial charge < -0.3 is 0 Å². The lowest BCUT2D eigenvalue weighted by atomic mass is 10.0. The Labute approximate surface area is 115 Å². The van der Waals surface area contributed by atoms with Crippen molar-refractivity contribution in [3.8, 4) is 0 Å². The molecule has 0 fully saturated rings. The van der Waals surface area contributed by atoms with Crippen molar-refractivity contribution < 1.29 is 0 Å². The van der Waals surface area contributed by atoms with E-state index in [2.05, 4.69) is 33.0 Å². The van der Waals surface area contributed by atoms with Gasteiger partial charge in [-0.3, -0.25) is 9.36 Å². The molecule has 0 N–H and O–H groups in total. The molecule has 0 amide bonds. The minimum absolute atomic E-state index is 0.00406. The zero-order valence-electron chi connectivity index (χ0n) is 10.2. The molecular weight excluding hydrogens is 292 g/mol. The molecule has 0 aliphatic heterocycles. The monoisotopic (exact) mass is 306 g/mol. The molecule has 4 heteroatoms. The summed E-state index contributed by atoms with van der Waals surface area (Å²) in [7, 11) is 0. The number of aromatic nitrogens is 2. The summed E-state index contributed by atoms with van der Waals surface area (Å²) in [6.45, 7) is 2.46. The maximum Gasteiger partial charge on any atom is 0.253 e. The highest BCUT2D eigenvalue weighted by molar-refractivity contribution is 9.09. The lowest BCUT2D eigenvalue weighted by Gasteiger charge is -2.15. The summed E-state index contributed by atoms with van der Waals surface area (Å²) in [6, 6.07) is 11.8. The summed E-state index contributed by atoms with van der Waals surface area (Å²) in [4.78, 5) is 16.0. The van der Waals surface area contributed by atoms with Crippen LogP contribution in [0, 0.1) is 6.92 Å². The zero-order valence-corrected chi connectivity index (χ0v) is 11.8. The second-order valence-corrected chi connectivity index (χ2v) is 4.93. The molecule has 2 rings (SSSR count). The molecule has 1 atom stereocenters. The van der Waals surface area contributed by atoms with E-state index < -0.39 is 0 Å². The van der Waals surface area contributed by atoms with Crippen LogP contribution in [0.2, 0.25) is 0 Å². The lowest BCUT2D eigenvalue weighted by molar-refractivity contribution is 0.578. The van der Waals surface area contributed by atoms with Crippen molar-refractivity contribution in [3.63, 3.8) is 0 Å². The topological polar surface area (TPSA) is 34.9 Å². The highest BCUT2D eigenvalue weighted by atomic mass is 79.9. The largest absolute Gasteiger partial charge is 0.299 e. The molecule has 1 aromatic carbocycles. The third kappa shape index (κ3) is 3.07. The van der Waals surface area contributed by atoms with Gasteiger partial charge in [-0.1, -0.05) is 46.3 Å². The van der Waals surface area contributed by atoms with Crippen LogP contribution >= 0.6 is 15.9 Å². The van der Waals surface area contributed by atoms with E-state index in [1.807, 2.05) is 25.1 Å². The average molecular weight is 307 g/mol. The van der Waals surface area contributed by atoms with Crippen molar-refractivity contribution in [2.45, 2.75) is 19.4 Å². The first-order valence-corrected chi connectivity index (χ1v) is 6.97. The third-order valence-corrected chi connectivity index (χ3v) is 3.67. The van der Waals surface area contributed by atoms with Crippen LogP contribution in [0.25, 0.3) is 0 Å². The van der Waals surface area contributed by atoms with E-state index >= 15 is 0 Å². The van der Waals surface area contributed by atoms with Crippen molar-refractivity contribution in [1.82, 2.24) is 9.55 Å². The fourth-order valence-corrected chi connectivity index (χ4v) is 2.44. The molecule has 0 saturated heterocycles. The predicted octanol–water partition coefficient (Wildman–Crippen LogP) is 2.73. The Morgan fingerprint density at radius 1 is 1.33 bits per heavy atom. The Kier molecular flexibility index (Phi) is 4.31. The molecule has 1 unspecified atom stereocenters. The van der Waals surface area contributed by atoms with Crippen LogP contribution in [0.5, 0.6) is 0 Å². The molecule has 18 heavy (non-hydrogen) atoms. The molecule has 94 valence electrons. The van der Waals surface area contributed by atoms with Crippen LogP contribution < -0.4 is 5.56 Å². The Balaban J connectivity index is 2.23. The molecule has 0 aliphatic rings. The van der Waals surface area contributed by atoms with Crippen LogP contribution in [-0.4, -0.2) is 14.9 Å². The SMILES string of the molecule is Cc1cc(=O)n(CC(CBr)c2ccccc2)cn1. The number of benzene rings is 1. The fraction of sp³-hybridized carbons (Fsp3) is 0.286. The van der Waals surface area contributed by atoms with Gasteiger partial charge in [0.05, 0.1) is 6.33 Å². The van der Waals surface area contributed by atoms with Crippen LogP contribution in [0.4, 0.5) is 0 Å². The van der Waals surface area contributed by atoms with E-state index in [0.29, 0.717) is 6.54 Å². The molecule has 3 nitrogen and oxygen atoms in total. The second kappa shape index (κ2) is 5.96. The number of alkyl halides is 1. The first-order chi connectivity index (χ1) is 8.70. The van der Waals surface area contributed by atoms with Crippen molar-refractivity contribution in [1.29, 1.82) is 0 Å². The first-order valence-electron chi connectivity index (χ1n) is 5.84. The molecule has 1 heterocycles. The summed E-state index contributed by atoms with van der Waals surface area (Å²) >= 11 is 3.51. The van der Waals surface area contributed by atoms with Gasteiger partial charge >= 0.3 is 0 Å². The number of aryl methyl sites for hydroxylation is 1. The lowest BCUT2D eigenvalue weighted by Crippen LogP contribution is -2.23. The summed E-state index contributed by atoms with van der Waals surface area (Å²) in [5.41, 5.74) is 1.98. The third-order valence-electron chi connectivity index (χ3n) is 2.89. The van der Waals surface area contributed by atoms with E-state index in [1.165, 1.54) is 5.56 Å². The normalized spacial score (nSPS) is 12.3. The van der Waals surface area contributed by atoms with Gasteiger partial charge in [-0.05, 0) is 12.5 Å². The van der Waals surface area contributed by atoms with Gasteiger partial charge in [-0.15, -0.1) is 0 Å². The molecule has 0 saturated carbocycles. The summed E-state index contributed by atoms with van der Waals surface area (Å²) in [5, 5.41) is 0.817. The van der Waals surface area contributed by atoms with Gasteiger partial charge in [0.15, 0.2) is 0 Å². The van der Waals surface area contributed by atoms with Crippen molar-refractivity contribution >= 4 is 15.9 Å². The Bertz CT molecular complexity index is 566. The van der Waals surface area contributed by atoms with Crippen LogP contribution in [-0.2, 0) is 6.54 Å². The van der Waals surface area contributed by atoms with Crippen LogP contribution in [0.3, 0.4) is 0 Å². The molecular formula is C14H15BrN2O. The molecule has 0 bridgehead atoms. The van der Waals surface area contributed by atoms with Gasteiger partial charge in [-0.25, -0.2) is 4.98 Å². The van der Waals surface area contributed by atoms with E-state index in [-0.39, 0.29) is 11.5 Å². The average Bonchev–Trinajstić information content (AvgIpc) is 2.39. The van der Waals surface area contributed by atoms with Crippen molar-refractivity contribution in [2.24, 2.45) is 0 Å². The van der Waals surface area contributed by atoms with E-state index in [4.69, 9.17) is 0 Å². The molecule has 2 aromatic rings. The van der Waals surface area contributed by atoms with Crippen molar-refractivity contribution in [3.05, 3.63) is 64.3 Å². The summed E-state index contributed by atoms with van der Waals surface area (Å²) in [5.74, 6) is 0.272. The summed E-state index contributed by atoms with van der Waals surface area (Å²) in [6.07, 6.45) is 1.62. The minimum Gasteiger partial charge on any atom is -0.299 e. The van der Waals surface area contributed by atoms with E-state index in [0.717, 1.165) is 11.0 Å². The molecule has 0 spiro atoms. The number of rotatable bonds is 4. The Hall–Kier alpha value is -1.42. The molecule has 1 aromatic heterocycles. The Morgan fingerprint density at radius 3 is 2.67 bits per heavy atom. The van der Waals surface area contributed by atoms with Crippen LogP contribution in [0.15, 0.2) is 47.5 Å². The number of hydrogen-bond acceptors (Lipinski definition) is 2. The van der Waals surface area contributed by atoms with Gasteiger partial charge in [0.2, 0.25) is 0 Å². The van der Waals surface area contributed by atoms with Crippen LogP contribution in [0.1, 0.15) is 17.2 Å². The fourth-order valence-electron chi connectivity index (χ4n) is 1.86. The van der Waals surface area contributed by atoms with Gasteiger partial charge in [-0.2, -0.15) is 0 Å². The number of hydrogen-bond donors (Lipinski definition) is 0. The highest BCUT2D eigenvalue weighted by Crippen LogP contribution is 2.19. The van der Waals surface area contributed by atoms with E-state index in [9.17, 15) is 4.79 Å². The molecule has 0 aliphatic carbocycles. The zero-order chi connectivity index (χ0) is 13.0. The van der Waals surface area contributed by atoms with Gasteiger partial charge in [0.1, 0.15) is 0 Å². The standard InChI is InChI=1S/C14H15BrN2O/c1-11-7-14(18)17(10-16-11)9-13(8-15)12-5-3-2-4-6-12/h2-7,10,13H,8-9H2,1H3. The second-order valence-electron chi connectivity index (χ2n) is 4.28. The smallest absolute Gasteiger partial charge is 0.253 e. The first kappa shape index (κ1) is 13.0. The highest BCUT2D eigenvalue weighted by Gasteiger charge is 2.11. The predicted molar refractivity (Wildman–Crippen MR) is 76.2 cm³/mol. The number of halogens is 1. The quantitative estimate of drug-likeness (QED) is 0.814. The van der Waals surface area contributed by atoms with E-state index in [1.54, 1.807) is 17.0 Å². The maximum atomic E-state index is 11.8. The summed E-state index contributed by atoms with van der Waals surface area (Å²) < 4.78 is 1.66. The van der Waals surface area contributed by atoms with Crippen molar-refractivity contribution in [2.75, 3.05) is 5.33 Å².